The number of hydrogen-bond donors (Lipinski definition) is 1. The number of hydrogen-bond acceptors (Lipinski definition) is 8. The summed E-state index contributed by atoms with van der Waals surface area (Å²) < 4.78 is 90.0. The topological polar surface area (TPSA) is 95.3 Å². The number of benzene rings is 1. The zero-order valence-corrected chi connectivity index (χ0v) is 21.1. The molecule has 8 nitrogen and oxygen atoms in total. The van der Waals surface area contributed by atoms with E-state index in [1.807, 2.05) is 0 Å². The van der Waals surface area contributed by atoms with Crippen molar-refractivity contribution in [3.05, 3.63) is 47.2 Å². The molecule has 37 heavy (non-hydrogen) atoms. The molecule has 0 saturated heterocycles. The lowest BCUT2D eigenvalue weighted by molar-refractivity contribution is -0.0500. The molecule has 1 aromatic carbocycles. The highest BCUT2D eigenvalue weighted by molar-refractivity contribution is 7.88. The molecule has 0 unspecified atom stereocenters. The summed E-state index contributed by atoms with van der Waals surface area (Å²) in [5.74, 6) is -1.09. The van der Waals surface area contributed by atoms with Crippen LogP contribution in [0, 0.1) is 5.82 Å². The Labute approximate surface area is 213 Å². The van der Waals surface area contributed by atoms with Gasteiger partial charge in [-0.25, -0.2) is 9.37 Å². The van der Waals surface area contributed by atoms with E-state index in [-0.39, 0.29) is 28.6 Å². The average Bonchev–Trinajstić information content (AvgIpc) is 3.45. The highest BCUT2D eigenvalue weighted by Crippen LogP contribution is 2.46. The lowest BCUT2D eigenvalue weighted by Gasteiger charge is -2.18. The number of halogens is 4. The second kappa shape index (κ2) is 9.26. The molecule has 0 saturated carbocycles. The van der Waals surface area contributed by atoms with Gasteiger partial charge < -0.3 is 14.2 Å². The van der Waals surface area contributed by atoms with Crippen molar-refractivity contribution in [1.82, 2.24) is 20.1 Å². The minimum Gasteiger partial charge on any atom is -0.490 e. The molecule has 0 fully saturated rings. The summed E-state index contributed by atoms with van der Waals surface area (Å²) in [7, 11) is -6.00. The molecular formula is C23H20F4N4O4S2. The Morgan fingerprint density at radius 2 is 1.97 bits per heavy atom. The Bertz CT molecular complexity index is 1570. The van der Waals surface area contributed by atoms with Crippen molar-refractivity contribution in [3.63, 3.8) is 0 Å². The molecule has 4 heterocycles. The number of thiophene rings is 1. The van der Waals surface area contributed by atoms with Gasteiger partial charge in [0.2, 0.25) is 5.88 Å². The molecule has 0 bridgehead atoms. The molecule has 1 N–H and O–H groups in total. The fourth-order valence-corrected chi connectivity index (χ4v) is 5.39. The van der Waals surface area contributed by atoms with Crippen LogP contribution in [-0.2, 0) is 23.2 Å². The van der Waals surface area contributed by atoms with Crippen molar-refractivity contribution in [2.75, 3.05) is 6.54 Å². The Kier molecular flexibility index (Phi) is 6.36. The van der Waals surface area contributed by atoms with Crippen LogP contribution in [0.15, 0.2) is 35.7 Å². The average molecular weight is 557 g/mol. The summed E-state index contributed by atoms with van der Waals surface area (Å²) in [6, 6.07) is 7.05. The van der Waals surface area contributed by atoms with Crippen molar-refractivity contribution in [2.45, 2.75) is 38.5 Å². The van der Waals surface area contributed by atoms with Crippen LogP contribution in [0.1, 0.15) is 19.5 Å². The van der Waals surface area contributed by atoms with Crippen LogP contribution in [0.4, 0.5) is 17.6 Å². The van der Waals surface area contributed by atoms with Gasteiger partial charge in [-0.2, -0.15) is 26.7 Å². The van der Waals surface area contributed by atoms with Gasteiger partial charge in [-0.05, 0) is 43.5 Å². The fourth-order valence-electron chi connectivity index (χ4n) is 4.01. The smallest absolute Gasteiger partial charge is 0.490 e. The van der Waals surface area contributed by atoms with Crippen LogP contribution in [0.3, 0.4) is 0 Å². The number of ether oxygens (including phenoxy) is 1. The van der Waals surface area contributed by atoms with E-state index >= 15 is 0 Å². The number of alkyl halides is 3. The summed E-state index contributed by atoms with van der Waals surface area (Å²) in [6.45, 7) is 5.26. The lowest BCUT2D eigenvalue weighted by Crippen LogP contribution is -2.28. The summed E-state index contributed by atoms with van der Waals surface area (Å²) in [5, 5.41) is 9.39. The third-order valence-corrected chi connectivity index (χ3v) is 7.41. The molecule has 0 radical (unpaired) electrons. The molecule has 1 aliphatic rings. The van der Waals surface area contributed by atoms with Crippen LogP contribution < -0.4 is 14.2 Å². The Hall–Kier alpha value is -3.23. The van der Waals surface area contributed by atoms with Gasteiger partial charge in [-0.15, -0.1) is 11.3 Å². The Morgan fingerprint density at radius 3 is 2.68 bits per heavy atom. The molecular weight excluding hydrogens is 536 g/mol. The summed E-state index contributed by atoms with van der Waals surface area (Å²) >= 11 is 1.14. The quantitative estimate of drug-likeness (QED) is 0.201. The van der Waals surface area contributed by atoms with Crippen LogP contribution >= 0.6 is 11.3 Å². The van der Waals surface area contributed by atoms with Crippen molar-refractivity contribution in [3.8, 4) is 34.1 Å². The van der Waals surface area contributed by atoms with Gasteiger partial charge >= 0.3 is 15.6 Å². The maximum atomic E-state index is 14.2. The third kappa shape index (κ3) is 4.76. The SMILES string of the molecule is CC(C)Oc1cc(F)ccc1-c1c(-c2cc3n(n2)CCNC3)nc(OS(=O)(=O)C(F)(F)F)c2ccsc12. The first-order valence-electron chi connectivity index (χ1n) is 11.1. The van der Waals surface area contributed by atoms with Gasteiger partial charge in [0, 0.05) is 35.0 Å². The van der Waals surface area contributed by atoms with Gasteiger partial charge in [0.05, 0.1) is 23.7 Å². The van der Waals surface area contributed by atoms with Crippen molar-refractivity contribution < 1.29 is 34.9 Å². The summed E-state index contributed by atoms with van der Waals surface area (Å²) in [4.78, 5) is 4.26. The van der Waals surface area contributed by atoms with Gasteiger partial charge in [-0.3, -0.25) is 4.68 Å². The highest BCUT2D eigenvalue weighted by Gasteiger charge is 2.49. The fraction of sp³-hybridized carbons (Fsp3) is 0.304. The Morgan fingerprint density at radius 1 is 1.19 bits per heavy atom. The molecule has 14 heteroatoms. The first-order valence-corrected chi connectivity index (χ1v) is 13.4. The maximum Gasteiger partial charge on any atom is 0.534 e. The number of pyridine rings is 1. The van der Waals surface area contributed by atoms with Crippen molar-refractivity contribution in [2.24, 2.45) is 0 Å². The number of fused-ring (bicyclic) bond motifs is 2. The van der Waals surface area contributed by atoms with Crippen LogP contribution in [0.25, 0.3) is 32.6 Å². The number of rotatable bonds is 6. The van der Waals surface area contributed by atoms with Crippen molar-refractivity contribution in [1.29, 1.82) is 0 Å². The molecule has 3 aromatic heterocycles. The predicted octanol–water partition coefficient (Wildman–Crippen LogP) is 5.08. The number of nitrogens with one attached hydrogen (secondary N) is 1. The third-order valence-electron chi connectivity index (χ3n) is 5.53. The van der Waals surface area contributed by atoms with Gasteiger partial charge in [0.25, 0.3) is 0 Å². The Balaban J connectivity index is 1.81. The van der Waals surface area contributed by atoms with E-state index in [1.54, 1.807) is 30.0 Å². The first-order chi connectivity index (χ1) is 17.4. The minimum atomic E-state index is -6.00. The van der Waals surface area contributed by atoms with E-state index in [0.717, 1.165) is 17.0 Å². The standard InChI is InChI=1S/C23H20F4N4O4S2/c1-12(2)34-18-9-13(24)3-4-15(18)19-20(17-10-14-11-28-6-7-31(14)30-17)29-22(16-5-8-36-21(16)19)35-37(32,33)23(25,26)27/h3-5,8-10,12,28H,6-7,11H2,1-2H3. The number of nitrogens with zero attached hydrogens (tertiary/aromatic N) is 3. The lowest BCUT2D eigenvalue weighted by atomic mass is 9.99. The van der Waals surface area contributed by atoms with Gasteiger partial charge in [0.15, 0.2) is 0 Å². The predicted molar refractivity (Wildman–Crippen MR) is 129 cm³/mol. The van der Waals surface area contributed by atoms with E-state index < -0.39 is 27.3 Å². The molecule has 4 aromatic rings. The second-order valence-corrected chi connectivity index (χ2v) is 11.0. The zero-order chi connectivity index (χ0) is 26.5. The molecule has 0 amide bonds. The normalized spacial score (nSPS) is 14.2. The second-order valence-electron chi connectivity index (χ2n) is 8.52. The maximum absolute atomic E-state index is 14.2. The minimum absolute atomic E-state index is 0.0436. The molecule has 5 rings (SSSR count). The van der Waals surface area contributed by atoms with Crippen molar-refractivity contribution >= 4 is 31.5 Å². The van der Waals surface area contributed by atoms with E-state index in [2.05, 4.69) is 19.6 Å². The number of aromatic nitrogens is 3. The van der Waals surface area contributed by atoms with Crippen LogP contribution in [0.2, 0.25) is 0 Å². The van der Waals surface area contributed by atoms with E-state index in [1.165, 1.54) is 24.3 Å². The van der Waals surface area contributed by atoms with E-state index in [0.29, 0.717) is 35.5 Å². The monoisotopic (exact) mass is 556 g/mol. The molecule has 1 aliphatic heterocycles. The van der Waals surface area contributed by atoms with Gasteiger partial charge in [-0.1, -0.05) is 0 Å². The summed E-state index contributed by atoms with van der Waals surface area (Å²) in [6.07, 6.45) is -0.318. The van der Waals surface area contributed by atoms with Crippen LogP contribution in [0.5, 0.6) is 11.6 Å². The summed E-state index contributed by atoms with van der Waals surface area (Å²) in [5.41, 5.74) is -3.66. The largest absolute Gasteiger partial charge is 0.534 e. The molecule has 196 valence electrons. The molecule has 0 spiro atoms. The highest BCUT2D eigenvalue weighted by atomic mass is 32.2. The van der Waals surface area contributed by atoms with E-state index in [9.17, 15) is 26.0 Å². The molecule has 0 aliphatic carbocycles. The van der Waals surface area contributed by atoms with Crippen LogP contribution in [-0.4, -0.2) is 41.3 Å². The van der Waals surface area contributed by atoms with Gasteiger partial charge in [0.1, 0.15) is 23.0 Å². The van der Waals surface area contributed by atoms with E-state index in [4.69, 9.17) is 4.74 Å². The zero-order valence-electron chi connectivity index (χ0n) is 19.5. The molecule has 0 atom stereocenters. The first kappa shape index (κ1) is 25.4.